The molecule has 0 N–H and O–H groups in total. The standard InChI is InChI=1S/C20H19Cl2N3O2/c1-13(19-23-17-4-2-3-5-18(17)27-19)24-8-10-25(11-9-24)20(26)15-7-6-14(21)12-16(15)22/h2-7,12-13H,8-11H2,1H3/t13-/m0/s1. The first-order valence-corrected chi connectivity index (χ1v) is 9.62. The summed E-state index contributed by atoms with van der Waals surface area (Å²) in [6, 6.07) is 12.8. The summed E-state index contributed by atoms with van der Waals surface area (Å²) in [5.74, 6) is 0.641. The predicted molar refractivity (Wildman–Crippen MR) is 106 cm³/mol. The first kappa shape index (κ1) is 18.3. The number of fused-ring (bicyclic) bond motifs is 1. The number of aromatic nitrogens is 1. The molecular formula is C20H19Cl2N3O2. The fourth-order valence-electron chi connectivity index (χ4n) is 3.37. The van der Waals surface area contributed by atoms with Crippen LogP contribution in [0.4, 0.5) is 0 Å². The molecule has 3 aromatic rings. The van der Waals surface area contributed by atoms with Crippen molar-refractivity contribution < 1.29 is 9.21 Å². The number of carbonyl (C=O) groups is 1. The molecule has 0 radical (unpaired) electrons. The summed E-state index contributed by atoms with van der Waals surface area (Å²) in [7, 11) is 0. The number of hydrogen-bond donors (Lipinski definition) is 0. The highest BCUT2D eigenvalue weighted by Crippen LogP contribution is 2.26. The van der Waals surface area contributed by atoms with Gasteiger partial charge in [-0.25, -0.2) is 4.98 Å². The maximum atomic E-state index is 12.7. The molecule has 7 heteroatoms. The van der Waals surface area contributed by atoms with E-state index in [2.05, 4.69) is 16.8 Å². The van der Waals surface area contributed by atoms with Crippen molar-refractivity contribution in [2.75, 3.05) is 26.2 Å². The Morgan fingerprint density at radius 2 is 1.85 bits per heavy atom. The Kier molecular flexibility index (Phi) is 5.08. The molecule has 1 amide bonds. The zero-order valence-electron chi connectivity index (χ0n) is 14.9. The molecule has 1 atom stereocenters. The molecule has 4 rings (SSSR count). The molecule has 27 heavy (non-hydrogen) atoms. The molecule has 1 aliphatic rings. The van der Waals surface area contributed by atoms with Gasteiger partial charge in [-0.2, -0.15) is 0 Å². The quantitative estimate of drug-likeness (QED) is 0.638. The normalized spacial score (nSPS) is 16.6. The first-order valence-electron chi connectivity index (χ1n) is 8.87. The van der Waals surface area contributed by atoms with Gasteiger partial charge in [0.15, 0.2) is 5.58 Å². The van der Waals surface area contributed by atoms with Gasteiger partial charge in [0.25, 0.3) is 5.91 Å². The van der Waals surface area contributed by atoms with Crippen LogP contribution in [-0.4, -0.2) is 46.9 Å². The van der Waals surface area contributed by atoms with Crippen molar-refractivity contribution in [2.24, 2.45) is 0 Å². The molecule has 140 valence electrons. The van der Waals surface area contributed by atoms with Gasteiger partial charge in [-0.05, 0) is 37.3 Å². The van der Waals surface area contributed by atoms with Crippen molar-refractivity contribution >= 4 is 40.2 Å². The van der Waals surface area contributed by atoms with Crippen molar-refractivity contribution in [1.82, 2.24) is 14.8 Å². The molecule has 1 aromatic heterocycles. The summed E-state index contributed by atoms with van der Waals surface area (Å²) < 4.78 is 5.89. The maximum Gasteiger partial charge on any atom is 0.255 e. The summed E-state index contributed by atoms with van der Waals surface area (Å²) >= 11 is 12.1. The van der Waals surface area contributed by atoms with Gasteiger partial charge in [0.1, 0.15) is 5.52 Å². The van der Waals surface area contributed by atoms with Crippen LogP contribution >= 0.6 is 23.2 Å². The Balaban J connectivity index is 1.42. The van der Waals surface area contributed by atoms with E-state index >= 15 is 0 Å². The van der Waals surface area contributed by atoms with Crippen LogP contribution in [-0.2, 0) is 0 Å². The van der Waals surface area contributed by atoms with Crippen LogP contribution in [0.3, 0.4) is 0 Å². The van der Waals surface area contributed by atoms with Crippen LogP contribution in [0.1, 0.15) is 29.2 Å². The topological polar surface area (TPSA) is 49.6 Å². The van der Waals surface area contributed by atoms with E-state index < -0.39 is 0 Å². The Labute approximate surface area is 167 Å². The summed E-state index contributed by atoms with van der Waals surface area (Å²) in [6.07, 6.45) is 0. The van der Waals surface area contributed by atoms with E-state index in [0.717, 1.165) is 24.2 Å². The van der Waals surface area contributed by atoms with Gasteiger partial charge in [-0.3, -0.25) is 9.69 Å². The lowest BCUT2D eigenvalue weighted by Crippen LogP contribution is -2.49. The lowest BCUT2D eigenvalue weighted by Gasteiger charge is -2.37. The number of halogens is 2. The first-order chi connectivity index (χ1) is 13.0. The van der Waals surface area contributed by atoms with E-state index in [-0.39, 0.29) is 11.9 Å². The van der Waals surface area contributed by atoms with Gasteiger partial charge in [-0.15, -0.1) is 0 Å². The lowest BCUT2D eigenvalue weighted by atomic mass is 10.1. The third kappa shape index (κ3) is 3.68. The molecular weight excluding hydrogens is 385 g/mol. The van der Waals surface area contributed by atoms with E-state index in [9.17, 15) is 4.79 Å². The van der Waals surface area contributed by atoms with Crippen molar-refractivity contribution in [3.8, 4) is 0 Å². The molecule has 1 aliphatic heterocycles. The minimum atomic E-state index is -0.0640. The second-order valence-corrected chi connectivity index (χ2v) is 7.49. The highest BCUT2D eigenvalue weighted by Gasteiger charge is 2.28. The number of piperazine rings is 1. The number of rotatable bonds is 3. The molecule has 2 heterocycles. The zero-order valence-corrected chi connectivity index (χ0v) is 16.4. The smallest absolute Gasteiger partial charge is 0.255 e. The minimum absolute atomic E-state index is 0.0498. The van der Waals surface area contributed by atoms with Crippen molar-refractivity contribution in [1.29, 1.82) is 0 Å². The maximum absolute atomic E-state index is 12.7. The number of benzene rings is 2. The molecule has 0 aliphatic carbocycles. The number of oxazole rings is 1. The average molecular weight is 404 g/mol. The van der Waals surface area contributed by atoms with Gasteiger partial charge < -0.3 is 9.32 Å². The van der Waals surface area contributed by atoms with E-state index in [4.69, 9.17) is 27.6 Å². The van der Waals surface area contributed by atoms with Gasteiger partial charge in [0.05, 0.1) is 16.6 Å². The Morgan fingerprint density at radius 3 is 2.56 bits per heavy atom. The molecule has 0 spiro atoms. The average Bonchev–Trinajstić information content (AvgIpc) is 3.11. The summed E-state index contributed by atoms with van der Waals surface area (Å²) in [5.41, 5.74) is 2.15. The highest BCUT2D eigenvalue weighted by molar-refractivity contribution is 6.36. The van der Waals surface area contributed by atoms with Crippen LogP contribution in [0, 0.1) is 0 Å². The minimum Gasteiger partial charge on any atom is -0.439 e. The number of carbonyl (C=O) groups excluding carboxylic acids is 1. The number of hydrogen-bond acceptors (Lipinski definition) is 4. The Morgan fingerprint density at radius 1 is 1.11 bits per heavy atom. The van der Waals surface area contributed by atoms with Gasteiger partial charge in [0, 0.05) is 31.2 Å². The van der Waals surface area contributed by atoms with E-state index in [1.807, 2.05) is 29.2 Å². The second-order valence-electron chi connectivity index (χ2n) is 6.65. The monoisotopic (exact) mass is 403 g/mol. The van der Waals surface area contributed by atoms with Gasteiger partial charge >= 0.3 is 0 Å². The van der Waals surface area contributed by atoms with Crippen LogP contribution in [0.2, 0.25) is 10.0 Å². The molecule has 5 nitrogen and oxygen atoms in total. The number of amides is 1. The fraction of sp³-hybridized carbons (Fsp3) is 0.300. The highest BCUT2D eigenvalue weighted by atomic mass is 35.5. The van der Waals surface area contributed by atoms with Crippen LogP contribution in [0.15, 0.2) is 46.9 Å². The Hall–Kier alpha value is -2.08. The third-order valence-corrected chi connectivity index (χ3v) is 5.53. The molecule has 0 saturated carbocycles. The predicted octanol–water partition coefficient (Wildman–Crippen LogP) is 4.65. The zero-order chi connectivity index (χ0) is 19.0. The largest absolute Gasteiger partial charge is 0.439 e. The van der Waals surface area contributed by atoms with Gasteiger partial charge in [0.2, 0.25) is 5.89 Å². The SMILES string of the molecule is C[C@@H](c1nc2ccccc2o1)N1CCN(C(=O)c2ccc(Cl)cc2Cl)CC1. The molecule has 1 saturated heterocycles. The van der Waals surface area contributed by atoms with Crippen LogP contribution in [0.5, 0.6) is 0 Å². The molecule has 0 bridgehead atoms. The summed E-state index contributed by atoms with van der Waals surface area (Å²) in [4.78, 5) is 21.4. The fourth-order valence-corrected chi connectivity index (χ4v) is 3.86. The molecule has 2 aromatic carbocycles. The van der Waals surface area contributed by atoms with Crippen LogP contribution < -0.4 is 0 Å². The van der Waals surface area contributed by atoms with Crippen molar-refractivity contribution in [3.05, 3.63) is 64.0 Å². The number of para-hydroxylation sites is 2. The summed E-state index contributed by atoms with van der Waals surface area (Å²) in [6.45, 7) is 4.83. The molecule has 0 unspecified atom stereocenters. The van der Waals surface area contributed by atoms with E-state index in [1.165, 1.54) is 0 Å². The van der Waals surface area contributed by atoms with Gasteiger partial charge in [-0.1, -0.05) is 35.3 Å². The Bertz CT molecular complexity index is 947. The van der Waals surface area contributed by atoms with E-state index in [0.29, 0.717) is 34.6 Å². The molecule has 1 fully saturated rings. The number of nitrogens with zero attached hydrogens (tertiary/aromatic N) is 3. The third-order valence-electron chi connectivity index (χ3n) is 4.98. The second kappa shape index (κ2) is 7.50. The van der Waals surface area contributed by atoms with Crippen LogP contribution in [0.25, 0.3) is 11.1 Å². The van der Waals surface area contributed by atoms with E-state index in [1.54, 1.807) is 18.2 Å². The summed E-state index contributed by atoms with van der Waals surface area (Å²) in [5, 5.41) is 0.906. The lowest BCUT2D eigenvalue weighted by molar-refractivity contribution is 0.0560. The van der Waals surface area contributed by atoms with Crippen molar-refractivity contribution in [3.63, 3.8) is 0 Å². The van der Waals surface area contributed by atoms with Crippen molar-refractivity contribution in [2.45, 2.75) is 13.0 Å².